The van der Waals surface area contributed by atoms with E-state index in [1.54, 1.807) is 12.1 Å². The van der Waals surface area contributed by atoms with Gasteiger partial charge < -0.3 is 4.90 Å². The van der Waals surface area contributed by atoms with Crippen molar-refractivity contribution in [2.24, 2.45) is 5.92 Å². The van der Waals surface area contributed by atoms with Crippen molar-refractivity contribution >= 4 is 26.5 Å². The zero-order valence-electron chi connectivity index (χ0n) is 15.4. The minimum Gasteiger partial charge on any atom is -0.338 e. The number of sulfonamides is 1. The minimum atomic E-state index is -3.82. The molecule has 1 saturated heterocycles. The van der Waals surface area contributed by atoms with Crippen LogP contribution in [0.1, 0.15) is 25.8 Å². The van der Waals surface area contributed by atoms with E-state index in [1.807, 2.05) is 20.8 Å². The molecule has 1 atom stereocenters. The summed E-state index contributed by atoms with van der Waals surface area (Å²) >= 11 is 0. The Hall–Kier alpha value is -1.13. The normalized spacial score (nSPS) is 20.0. The van der Waals surface area contributed by atoms with E-state index in [2.05, 4.69) is 4.72 Å². The van der Waals surface area contributed by atoms with E-state index in [0.29, 0.717) is 6.42 Å². The number of hydrogen-bond donors (Lipinski definition) is 3. The van der Waals surface area contributed by atoms with Crippen LogP contribution in [-0.4, -0.2) is 59.0 Å². The number of benzene rings is 1. The van der Waals surface area contributed by atoms with Crippen LogP contribution in [0.25, 0.3) is 0 Å². The van der Waals surface area contributed by atoms with E-state index in [9.17, 15) is 22.3 Å². The standard InChI is InChI=1S/C17H28N2O5S2/c1-13(2)12-16(17(20)19-8-10-25(21,22)11-9-19)18-26(23,24)15-6-4-14(3)5-7-15/h4-7,13,16,18,21-22H,8-12H2,1-3H3. The Morgan fingerprint density at radius 3 is 2.23 bits per heavy atom. The van der Waals surface area contributed by atoms with Crippen molar-refractivity contribution in [3.63, 3.8) is 0 Å². The minimum absolute atomic E-state index is 0.120. The third-order valence-corrected chi connectivity index (χ3v) is 7.48. The number of hydrogen-bond acceptors (Lipinski definition) is 5. The van der Waals surface area contributed by atoms with Crippen molar-refractivity contribution in [2.45, 2.75) is 38.1 Å². The Bertz CT molecular complexity index is 722. The van der Waals surface area contributed by atoms with Gasteiger partial charge in [0.25, 0.3) is 0 Å². The number of amides is 1. The molecule has 1 heterocycles. The lowest BCUT2D eigenvalue weighted by molar-refractivity contribution is -0.133. The van der Waals surface area contributed by atoms with E-state index in [-0.39, 0.29) is 41.3 Å². The Labute approximate surface area is 157 Å². The van der Waals surface area contributed by atoms with Gasteiger partial charge in [-0.15, -0.1) is 0 Å². The Morgan fingerprint density at radius 1 is 1.19 bits per heavy atom. The average molecular weight is 405 g/mol. The van der Waals surface area contributed by atoms with Crippen LogP contribution in [0.5, 0.6) is 0 Å². The fourth-order valence-corrected chi connectivity index (χ4v) is 5.24. The van der Waals surface area contributed by atoms with Crippen LogP contribution in [0, 0.1) is 12.8 Å². The van der Waals surface area contributed by atoms with Crippen molar-refractivity contribution in [3.8, 4) is 0 Å². The van der Waals surface area contributed by atoms with Gasteiger partial charge in [-0.25, -0.2) is 8.42 Å². The van der Waals surface area contributed by atoms with E-state index >= 15 is 0 Å². The van der Waals surface area contributed by atoms with Crippen molar-refractivity contribution < 1.29 is 22.3 Å². The van der Waals surface area contributed by atoms with Crippen molar-refractivity contribution in [2.75, 3.05) is 24.6 Å². The number of carbonyl (C=O) groups excluding carboxylic acids is 1. The molecule has 1 amide bonds. The molecule has 0 aliphatic carbocycles. The Balaban J connectivity index is 2.16. The summed E-state index contributed by atoms with van der Waals surface area (Å²) in [5.74, 6) is 0.0783. The van der Waals surface area contributed by atoms with Gasteiger partial charge in [-0.05, 0) is 31.4 Å². The summed E-state index contributed by atoms with van der Waals surface area (Å²) in [6.07, 6.45) is 0.372. The number of nitrogens with one attached hydrogen (secondary N) is 1. The highest BCUT2D eigenvalue weighted by atomic mass is 32.3. The van der Waals surface area contributed by atoms with Crippen LogP contribution in [0.3, 0.4) is 0 Å². The second-order valence-electron chi connectivity index (χ2n) is 7.15. The molecule has 148 valence electrons. The lowest BCUT2D eigenvalue weighted by atomic mass is 10.0. The van der Waals surface area contributed by atoms with E-state index < -0.39 is 26.7 Å². The van der Waals surface area contributed by atoms with Gasteiger partial charge in [-0.1, -0.05) is 31.5 Å². The van der Waals surface area contributed by atoms with Gasteiger partial charge in [0, 0.05) is 13.1 Å². The van der Waals surface area contributed by atoms with E-state index in [0.717, 1.165) is 5.56 Å². The average Bonchev–Trinajstić information content (AvgIpc) is 2.53. The summed E-state index contributed by atoms with van der Waals surface area (Å²) in [6, 6.07) is 5.59. The number of nitrogens with zero attached hydrogens (tertiary/aromatic N) is 1. The van der Waals surface area contributed by atoms with Crippen molar-refractivity contribution in [1.82, 2.24) is 9.62 Å². The highest BCUT2D eigenvalue weighted by molar-refractivity contribution is 8.24. The van der Waals surface area contributed by atoms with Crippen LogP contribution >= 0.6 is 10.6 Å². The number of rotatable bonds is 6. The second-order valence-corrected chi connectivity index (χ2v) is 11.3. The molecule has 3 N–H and O–H groups in total. The van der Waals surface area contributed by atoms with Gasteiger partial charge >= 0.3 is 0 Å². The highest BCUT2D eigenvalue weighted by Crippen LogP contribution is 2.40. The smallest absolute Gasteiger partial charge is 0.241 e. The summed E-state index contributed by atoms with van der Waals surface area (Å²) in [7, 11) is -6.43. The quantitative estimate of drug-likeness (QED) is 0.674. The lowest BCUT2D eigenvalue weighted by Crippen LogP contribution is -2.52. The molecule has 0 aromatic heterocycles. The number of aryl methyl sites for hydroxylation is 1. The maximum absolute atomic E-state index is 12.9. The Kier molecular flexibility index (Phi) is 6.73. The first kappa shape index (κ1) is 21.2. The molecule has 0 bridgehead atoms. The molecular weight excluding hydrogens is 376 g/mol. The predicted octanol–water partition coefficient (Wildman–Crippen LogP) is 2.28. The topological polar surface area (TPSA) is 107 Å². The molecule has 0 saturated carbocycles. The predicted molar refractivity (Wildman–Crippen MR) is 104 cm³/mol. The van der Waals surface area contributed by atoms with E-state index in [4.69, 9.17) is 0 Å². The molecule has 2 rings (SSSR count). The van der Waals surface area contributed by atoms with Crippen LogP contribution < -0.4 is 4.72 Å². The molecule has 1 aliphatic rings. The van der Waals surface area contributed by atoms with Crippen molar-refractivity contribution in [1.29, 1.82) is 0 Å². The first-order chi connectivity index (χ1) is 12.0. The maximum atomic E-state index is 12.9. The molecule has 7 nitrogen and oxygen atoms in total. The molecule has 1 aromatic carbocycles. The molecule has 26 heavy (non-hydrogen) atoms. The summed E-state index contributed by atoms with van der Waals surface area (Å²) in [6.45, 7) is 6.17. The molecule has 1 fully saturated rings. The fraction of sp³-hybridized carbons (Fsp3) is 0.588. The van der Waals surface area contributed by atoms with E-state index in [1.165, 1.54) is 17.0 Å². The number of carbonyl (C=O) groups is 1. The van der Waals surface area contributed by atoms with Gasteiger partial charge in [-0.3, -0.25) is 13.9 Å². The van der Waals surface area contributed by atoms with Gasteiger partial charge in [-0.2, -0.15) is 15.3 Å². The SMILES string of the molecule is Cc1ccc(S(=O)(=O)NC(CC(C)C)C(=O)N2CCS(O)(O)CC2)cc1. The monoisotopic (exact) mass is 404 g/mol. The highest BCUT2D eigenvalue weighted by Gasteiger charge is 2.33. The zero-order chi connectivity index (χ0) is 19.5. The van der Waals surface area contributed by atoms with Crippen LogP contribution in [-0.2, 0) is 14.8 Å². The third kappa shape index (κ3) is 5.68. The second kappa shape index (κ2) is 8.26. The molecular formula is C17H28N2O5S2. The summed E-state index contributed by atoms with van der Waals surface area (Å²) in [5, 5.41) is 0. The van der Waals surface area contributed by atoms with Crippen LogP contribution in [0.15, 0.2) is 29.2 Å². The van der Waals surface area contributed by atoms with Gasteiger partial charge in [0.1, 0.15) is 6.04 Å². The molecule has 1 aliphatic heterocycles. The largest absolute Gasteiger partial charge is 0.338 e. The summed E-state index contributed by atoms with van der Waals surface area (Å²) in [4.78, 5) is 14.5. The first-order valence-electron chi connectivity index (χ1n) is 8.61. The molecule has 0 radical (unpaired) electrons. The summed E-state index contributed by atoms with van der Waals surface area (Å²) in [5.41, 5.74) is 0.950. The maximum Gasteiger partial charge on any atom is 0.241 e. The van der Waals surface area contributed by atoms with Crippen LogP contribution in [0.4, 0.5) is 0 Å². The molecule has 1 unspecified atom stereocenters. The Morgan fingerprint density at radius 2 is 1.73 bits per heavy atom. The van der Waals surface area contributed by atoms with Crippen molar-refractivity contribution in [3.05, 3.63) is 29.8 Å². The lowest BCUT2D eigenvalue weighted by Gasteiger charge is -2.42. The van der Waals surface area contributed by atoms with Gasteiger partial charge in [0.2, 0.25) is 15.9 Å². The molecule has 9 heteroatoms. The fourth-order valence-electron chi connectivity index (χ4n) is 2.81. The zero-order valence-corrected chi connectivity index (χ0v) is 17.0. The molecule has 0 spiro atoms. The van der Waals surface area contributed by atoms with Gasteiger partial charge in [0.15, 0.2) is 0 Å². The third-order valence-electron chi connectivity index (χ3n) is 4.32. The van der Waals surface area contributed by atoms with Crippen LogP contribution in [0.2, 0.25) is 0 Å². The van der Waals surface area contributed by atoms with Gasteiger partial charge in [0.05, 0.1) is 16.4 Å². The summed E-state index contributed by atoms with van der Waals surface area (Å²) < 4.78 is 47.3. The first-order valence-corrected chi connectivity index (χ1v) is 12.0. The molecule has 1 aromatic rings.